The van der Waals surface area contributed by atoms with Crippen LogP contribution < -0.4 is 0 Å². The number of carbonyl (C=O) groups is 1. The quantitative estimate of drug-likeness (QED) is 0.554. The molecule has 0 aliphatic heterocycles. The topological polar surface area (TPSA) is 83.3 Å². The standard InChI is InChI=1S/C18H16N4O2/c1-9-5-6-13(24)15-16(9)22-17(21-15)11(8-23)14-18(22)19-7-12(20-14)10-3-2-4-10/h5-8,10,21,24H,2-4H2,1H3. The lowest BCUT2D eigenvalue weighted by molar-refractivity contribution is 0.112. The third-order valence-corrected chi connectivity index (χ3v) is 5.18. The lowest BCUT2D eigenvalue weighted by Crippen LogP contribution is -2.11. The van der Waals surface area contributed by atoms with Crippen molar-refractivity contribution in [1.82, 2.24) is 19.4 Å². The van der Waals surface area contributed by atoms with E-state index in [9.17, 15) is 9.90 Å². The second-order valence-electron chi connectivity index (χ2n) is 6.56. The molecule has 1 aliphatic carbocycles. The lowest BCUT2D eigenvalue weighted by Gasteiger charge is -2.24. The number of aryl methyl sites for hydroxylation is 1. The van der Waals surface area contributed by atoms with Crippen LogP contribution in [0.1, 0.15) is 46.8 Å². The van der Waals surface area contributed by atoms with Gasteiger partial charge in [0.1, 0.15) is 22.4 Å². The summed E-state index contributed by atoms with van der Waals surface area (Å²) in [6.45, 7) is 1.97. The zero-order chi connectivity index (χ0) is 16.4. The van der Waals surface area contributed by atoms with Gasteiger partial charge < -0.3 is 10.1 Å². The Hall–Kier alpha value is -2.89. The van der Waals surface area contributed by atoms with Crippen LogP contribution in [-0.4, -0.2) is 30.7 Å². The summed E-state index contributed by atoms with van der Waals surface area (Å²) in [5.41, 5.74) is 5.80. The molecule has 120 valence electrons. The zero-order valence-electron chi connectivity index (χ0n) is 13.2. The first-order chi connectivity index (χ1) is 11.7. The predicted octanol–water partition coefficient (Wildman–Crippen LogP) is 3.46. The van der Waals surface area contributed by atoms with Gasteiger partial charge in [0.05, 0.1) is 23.0 Å². The summed E-state index contributed by atoms with van der Waals surface area (Å²) < 4.78 is 1.89. The number of H-pyrrole nitrogens is 1. The van der Waals surface area contributed by atoms with E-state index in [0.717, 1.165) is 35.9 Å². The van der Waals surface area contributed by atoms with Gasteiger partial charge in [-0.3, -0.25) is 9.20 Å². The summed E-state index contributed by atoms with van der Waals surface area (Å²) in [5.74, 6) is 0.616. The minimum Gasteiger partial charge on any atom is -0.506 e. The van der Waals surface area contributed by atoms with E-state index in [1.54, 1.807) is 6.07 Å². The maximum absolute atomic E-state index is 11.7. The normalized spacial score (nSPS) is 15.4. The molecule has 2 N–H and O–H groups in total. The largest absolute Gasteiger partial charge is 0.506 e. The second-order valence-corrected chi connectivity index (χ2v) is 6.56. The summed E-state index contributed by atoms with van der Waals surface area (Å²) in [4.78, 5) is 24.3. The Morgan fingerprint density at radius 2 is 2.21 bits per heavy atom. The van der Waals surface area contributed by atoms with E-state index in [4.69, 9.17) is 4.98 Å². The van der Waals surface area contributed by atoms with Crippen molar-refractivity contribution < 1.29 is 9.90 Å². The van der Waals surface area contributed by atoms with Gasteiger partial charge in [-0.1, -0.05) is 12.5 Å². The van der Waals surface area contributed by atoms with Crippen molar-refractivity contribution in [3.05, 3.63) is 35.2 Å². The van der Waals surface area contributed by atoms with Gasteiger partial charge in [-0.25, -0.2) is 9.97 Å². The monoisotopic (exact) mass is 320 g/mol. The maximum atomic E-state index is 11.7. The highest BCUT2D eigenvalue weighted by molar-refractivity contribution is 6.06. The Balaban J connectivity index is 1.94. The molecule has 6 heteroatoms. The van der Waals surface area contributed by atoms with Crippen molar-refractivity contribution in [1.29, 1.82) is 0 Å². The van der Waals surface area contributed by atoms with E-state index >= 15 is 0 Å². The number of phenols is 1. The number of nitrogens with one attached hydrogen (secondary N) is 1. The minimum absolute atomic E-state index is 0.156. The molecule has 0 saturated heterocycles. The molecule has 3 aromatic heterocycles. The molecule has 0 atom stereocenters. The van der Waals surface area contributed by atoms with Crippen molar-refractivity contribution in [3.8, 4) is 5.75 Å². The van der Waals surface area contributed by atoms with Crippen LogP contribution in [0.25, 0.3) is 27.8 Å². The molecule has 5 rings (SSSR count). The van der Waals surface area contributed by atoms with Crippen molar-refractivity contribution in [3.63, 3.8) is 0 Å². The number of imidazole rings is 1. The molecule has 0 amide bonds. The van der Waals surface area contributed by atoms with Gasteiger partial charge in [-0.15, -0.1) is 0 Å². The number of aromatic hydroxyl groups is 1. The smallest absolute Gasteiger partial charge is 0.165 e. The van der Waals surface area contributed by atoms with E-state index < -0.39 is 0 Å². The highest BCUT2D eigenvalue weighted by Crippen LogP contribution is 2.37. The summed E-state index contributed by atoms with van der Waals surface area (Å²) in [5, 5.41) is 10.1. The van der Waals surface area contributed by atoms with Crippen molar-refractivity contribution in [2.75, 3.05) is 0 Å². The lowest BCUT2D eigenvalue weighted by atomic mass is 9.83. The van der Waals surface area contributed by atoms with Gasteiger partial charge in [-0.05, 0) is 31.4 Å². The van der Waals surface area contributed by atoms with Crippen molar-refractivity contribution in [2.45, 2.75) is 32.1 Å². The van der Waals surface area contributed by atoms with Crippen LogP contribution in [-0.2, 0) is 0 Å². The minimum atomic E-state index is 0.156. The number of hydrogen-bond acceptors (Lipinski definition) is 4. The number of hydrogen-bond donors (Lipinski definition) is 2. The molecular weight excluding hydrogens is 304 g/mol. The van der Waals surface area contributed by atoms with Gasteiger partial charge >= 0.3 is 0 Å². The number of carbonyl (C=O) groups excluding carboxylic acids is 1. The number of rotatable bonds is 2. The molecule has 1 saturated carbocycles. The van der Waals surface area contributed by atoms with E-state index in [2.05, 4.69) is 9.97 Å². The average Bonchev–Trinajstić information content (AvgIpc) is 3.04. The number of benzene rings is 1. The van der Waals surface area contributed by atoms with Gasteiger partial charge in [0.15, 0.2) is 11.9 Å². The number of fused-ring (bicyclic) bond motifs is 5. The molecule has 0 radical (unpaired) electrons. The fourth-order valence-electron chi connectivity index (χ4n) is 3.65. The third kappa shape index (κ3) is 1.57. The number of aromatic amines is 1. The fourth-order valence-corrected chi connectivity index (χ4v) is 3.65. The van der Waals surface area contributed by atoms with Crippen LogP contribution in [0.4, 0.5) is 0 Å². The van der Waals surface area contributed by atoms with Gasteiger partial charge in [0.25, 0.3) is 0 Å². The van der Waals surface area contributed by atoms with Crippen LogP contribution in [0, 0.1) is 6.92 Å². The molecule has 0 bridgehead atoms. The summed E-state index contributed by atoms with van der Waals surface area (Å²) >= 11 is 0. The van der Waals surface area contributed by atoms with Crippen molar-refractivity contribution >= 4 is 34.1 Å². The van der Waals surface area contributed by atoms with E-state index in [1.807, 2.05) is 23.6 Å². The van der Waals surface area contributed by atoms with Gasteiger partial charge in [-0.2, -0.15) is 0 Å². The summed E-state index contributed by atoms with van der Waals surface area (Å²) in [6, 6.07) is 3.50. The first kappa shape index (κ1) is 13.5. The molecule has 0 spiro atoms. The Labute approximate surface area is 137 Å². The molecule has 1 aliphatic rings. The van der Waals surface area contributed by atoms with E-state index in [-0.39, 0.29) is 5.75 Å². The first-order valence-electron chi connectivity index (χ1n) is 8.15. The molecule has 1 fully saturated rings. The Bertz CT molecular complexity index is 1130. The molecule has 1 aromatic carbocycles. The Morgan fingerprint density at radius 3 is 2.92 bits per heavy atom. The molecular formula is C18H16N4O2. The SMILES string of the molecule is Cc1ccc(O)c2[nH]c3c(C=O)c4nc(C5CCC5)cnc4n3c12. The van der Waals surface area contributed by atoms with E-state index in [1.165, 1.54) is 6.42 Å². The number of aromatic nitrogens is 4. The van der Waals surface area contributed by atoms with Gasteiger partial charge in [0, 0.05) is 5.92 Å². The average molecular weight is 320 g/mol. The molecule has 24 heavy (non-hydrogen) atoms. The van der Waals surface area contributed by atoms with Crippen LogP contribution in [0.3, 0.4) is 0 Å². The van der Waals surface area contributed by atoms with Crippen LogP contribution >= 0.6 is 0 Å². The van der Waals surface area contributed by atoms with Gasteiger partial charge in [0.2, 0.25) is 0 Å². The maximum Gasteiger partial charge on any atom is 0.165 e. The summed E-state index contributed by atoms with van der Waals surface area (Å²) in [7, 11) is 0. The molecule has 3 heterocycles. The third-order valence-electron chi connectivity index (χ3n) is 5.18. The van der Waals surface area contributed by atoms with E-state index in [0.29, 0.717) is 33.8 Å². The predicted molar refractivity (Wildman–Crippen MR) is 90.7 cm³/mol. The molecule has 4 aromatic rings. The van der Waals surface area contributed by atoms with Crippen LogP contribution in [0.15, 0.2) is 18.3 Å². The number of aldehydes is 1. The molecule has 0 unspecified atom stereocenters. The van der Waals surface area contributed by atoms with Crippen molar-refractivity contribution in [2.24, 2.45) is 0 Å². The fraction of sp³-hybridized carbons (Fsp3) is 0.278. The Kier molecular flexibility index (Phi) is 2.58. The second kappa shape index (κ2) is 4.56. The Morgan fingerprint density at radius 1 is 1.38 bits per heavy atom. The number of phenolic OH excluding ortho intramolecular Hbond substituents is 1. The highest BCUT2D eigenvalue weighted by Gasteiger charge is 2.25. The zero-order valence-corrected chi connectivity index (χ0v) is 13.2. The highest BCUT2D eigenvalue weighted by atomic mass is 16.3. The number of nitrogens with zero attached hydrogens (tertiary/aromatic N) is 3. The molecule has 6 nitrogen and oxygen atoms in total. The first-order valence-corrected chi connectivity index (χ1v) is 8.15. The summed E-state index contributed by atoms with van der Waals surface area (Å²) in [6.07, 6.45) is 6.14. The van der Waals surface area contributed by atoms with Crippen LogP contribution in [0.2, 0.25) is 0 Å². The van der Waals surface area contributed by atoms with Crippen LogP contribution in [0.5, 0.6) is 5.75 Å².